The van der Waals surface area contributed by atoms with Crippen LogP contribution in [0, 0.1) is 13.8 Å². The summed E-state index contributed by atoms with van der Waals surface area (Å²) in [4.78, 5) is 3.50. The number of nitrogens with one attached hydrogen (secondary N) is 2. The third kappa shape index (κ3) is 4.33. The normalized spacial score (nSPS) is 11.4. The quantitative estimate of drug-likeness (QED) is 0.513. The van der Waals surface area contributed by atoms with Crippen LogP contribution < -0.4 is 10.3 Å². The molecular weight excluding hydrogens is 360 g/mol. The van der Waals surface area contributed by atoms with Gasteiger partial charge in [0.15, 0.2) is 0 Å². The van der Waals surface area contributed by atoms with E-state index >= 15 is 0 Å². The topological polar surface area (TPSA) is 26.0 Å². The van der Waals surface area contributed by atoms with E-state index in [2.05, 4.69) is 101 Å². The molecule has 0 radical (unpaired) electrons. The van der Waals surface area contributed by atoms with Gasteiger partial charge in [0.05, 0.1) is 5.56 Å². The fourth-order valence-electron chi connectivity index (χ4n) is 2.35. The van der Waals surface area contributed by atoms with E-state index in [-0.39, 0.29) is 0 Å². The summed E-state index contributed by atoms with van der Waals surface area (Å²) in [6.07, 6.45) is 0. The predicted molar refractivity (Wildman–Crippen MR) is 105 cm³/mol. The minimum atomic E-state index is 0.954. The number of aryl methyl sites for hydroxylation is 2. The van der Waals surface area contributed by atoms with E-state index < -0.39 is 0 Å². The lowest BCUT2D eigenvalue weighted by Gasteiger charge is -2.05. The first-order chi connectivity index (χ1) is 11.6. The second-order valence-corrected chi connectivity index (χ2v) is 6.78. The first-order valence-electron chi connectivity index (χ1n) is 7.90. The summed E-state index contributed by atoms with van der Waals surface area (Å²) in [5.41, 5.74) is 5.70. The van der Waals surface area contributed by atoms with Gasteiger partial charge < -0.3 is 0 Å². The molecule has 3 aromatic carbocycles. The maximum absolute atomic E-state index is 3.50. The maximum atomic E-state index is 3.50. The molecule has 0 atom stereocenters. The number of anilines is 1. The zero-order chi connectivity index (χ0) is 16.9. The third-order valence-corrected chi connectivity index (χ3v) is 4.30. The van der Waals surface area contributed by atoms with Crippen molar-refractivity contribution in [1.29, 1.82) is 0 Å². The molecule has 0 bridgehead atoms. The lowest BCUT2D eigenvalue weighted by Crippen LogP contribution is -2.68. The number of benzene rings is 3. The van der Waals surface area contributed by atoms with Crippen molar-refractivity contribution in [3.63, 3.8) is 0 Å². The Labute approximate surface area is 151 Å². The van der Waals surface area contributed by atoms with Crippen molar-refractivity contribution in [2.75, 3.05) is 5.32 Å². The van der Waals surface area contributed by atoms with E-state index in [1.165, 1.54) is 11.1 Å². The highest BCUT2D eigenvalue weighted by atomic mass is 79.9. The zero-order valence-electron chi connectivity index (χ0n) is 13.8. The fourth-order valence-corrected chi connectivity index (χ4v) is 2.62. The van der Waals surface area contributed by atoms with Crippen molar-refractivity contribution in [1.82, 2.24) is 0 Å². The maximum Gasteiger partial charge on any atom is 0.285 e. The molecule has 0 aromatic heterocycles. The van der Waals surface area contributed by atoms with Crippen molar-refractivity contribution in [3.8, 4) is 0 Å². The van der Waals surface area contributed by atoms with Gasteiger partial charge in [-0.25, -0.2) is 10.3 Å². The minimum absolute atomic E-state index is 0.954. The summed E-state index contributed by atoms with van der Waals surface area (Å²) in [5, 5.41) is 3.50. The molecule has 3 heteroatoms. The largest absolute Gasteiger partial charge is 0.285 e. The summed E-state index contributed by atoms with van der Waals surface area (Å²) in [6.45, 7) is 4.18. The van der Waals surface area contributed by atoms with Crippen LogP contribution in [0.5, 0.6) is 0 Å². The molecule has 0 spiro atoms. The molecule has 0 unspecified atom stereocenters. The summed E-state index contributed by atoms with van der Waals surface area (Å²) in [7, 11) is 0. The van der Waals surface area contributed by atoms with E-state index in [1.807, 2.05) is 12.1 Å². The van der Waals surface area contributed by atoms with Crippen LogP contribution in [0.3, 0.4) is 0 Å². The van der Waals surface area contributed by atoms with Crippen LogP contribution >= 0.6 is 15.9 Å². The summed E-state index contributed by atoms with van der Waals surface area (Å²) >= 11 is 3.49. The van der Waals surface area contributed by atoms with Gasteiger partial charge in [-0.1, -0.05) is 51.3 Å². The number of hydrogen-bond donors (Lipinski definition) is 2. The van der Waals surface area contributed by atoms with Crippen LogP contribution in [0.4, 0.5) is 11.4 Å². The first kappa shape index (κ1) is 16.5. The van der Waals surface area contributed by atoms with Crippen LogP contribution in [0.1, 0.15) is 16.7 Å². The van der Waals surface area contributed by atoms with Crippen molar-refractivity contribution in [2.24, 2.45) is 0 Å². The highest BCUT2D eigenvalue weighted by molar-refractivity contribution is 9.10. The highest BCUT2D eigenvalue weighted by Crippen LogP contribution is 2.13. The zero-order valence-corrected chi connectivity index (χ0v) is 15.4. The fraction of sp³-hybridized carbons (Fsp3) is 0.0952. The minimum Gasteiger partial charge on any atom is -0.240 e. The third-order valence-electron chi connectivity index (χ3n) is 3.77. The van der Waals surface area contributed by atoms with Gasteiger partial charge in [-0.3, -0.25) is 0 Å². The molecule has 0 saturated heterocycles. The Morgan fingerprint density at radius 1 is 0.750 bits per heavy atom. The standard InChI is InChI=1S/C21H19BrN2/c1-15-3-11-19(12-4-15)23-21(17-7-9-18(22)10-8-17)24-20-13-5-16(2)6-14-20/h3-14H,1-2H3,(H,23,24)/p+1. The van der Waals surface area contributed by atoms with Crippen LogP contribution in [0.15, 0.2) is 77.3 Å². The van der Waals surface area contributed by atoms with Crippen molar-refractivity contribution >= 4 is 33.1 Å². The Balaban J connectivity index is 1.97. The molecule has 0 saturated carbocycles. The summed E-state index contributed by atoms with van der Waals surface area (Å²) < 4.78 is 1.07. The van der Waals surface area contributed by atoms with Crippen LogP contribution in [0.25, 0.3) is 0 Å². The van der Waals surface area contributed by atoms with Gasteiger partial charge in [0.2, 0.25) is 0 Å². The van der Waals surface area contributed by atoms with E-state index in [0.29, 0.717) is 0 Å². The molecule has 0 aliphatic heterocycles. The lowest BCUT2D eigenvalue weighted by atomic mass is 10.1. The van der Waals surface area contributed by atoms with Gasteiger partial charge in [0.1, 0.15) is 11.4 Å². The van der Waals surface area contributed by atoms with E-state index in [0.717, 1.165) is 27.2 Å². The predicted octanol–water partition coefficient (Wildman–Crippen LogP) is 4.34. The average molecular weight is 380 g/mol. The second kappa shape index (κ2) is 7.45. The number of halogens is 1. The van der Waals surface area contributed by atoms with Gasteiger partial charge in [-0.2, -0.15) is 0 Å². The van der Waals surface area contributed by atoms with Gasteiger partial charge in [0, 0.05) is 4.47 Å². The van der Waals surface area contributed by atoms with Gasteiger partial charge in [-0.05, 0) is 62.4 Å². The molecule has 3 rings (SSSR count). The van der Waals surface area contributed by atoms with E-state index in [4.69, 9.17) is 0 Å². The molecule has 0 fully saturated rings. The van der Waals surface area contributed by atoms with Crippen LogP contribution in [-0.4, -0.2) is 5.84 Å². The van der Waals surface area contributed by atoms with Gasteiger partial charge in [-0.15, -0.1) is 0 Å². The average Bonchev–Trinajstić information content (AvgIpc) is 2.59. The molecule has 0 amide bonds. The van der Waals surface area contributed by atoms with Crippen molar-refractivity contribution in [2.45, 2.75) is 13.8 Å². The molecule has 0 heterocycles. The Morgan fingerprint density at radius 2 is 1.29 bits per heavy atom. The second-order valence-electron chi connectivity index (χ2n) is 5.86. The molecule has 0 aliphatic rings. The number of hydrogen-bond acceptors (Lipinski definition) is 0. The SMILES string of the molecule is Cc1ccc(NC(=[NH+]c2ccc(C)cc2)c2ccc(Br)cc2)cc1. The van der Waals surface area contributed by atoms with Crippen LogP contribution in [-0.2, 0) is 0 Å². The Morgan fingerprint density at radius 3 is 1.88 bits per heavy atom. The number of rotatable bonds is 3. The van der Waals surface area contributed by atoms with Crippen LogP contribution in [0.2, 0.25) is 0 Å². The molecule has 24 heavy (non-hydrogen) atoms. The molecule has 120 valence electrons. The molecule has 2 N–H and O–H groups in total. The monoisotopic (exact) mass is 379 g/mol. The molecule has 2 nitrogen and oxygen atoms in total. The Bertz CT molecular complexity index is 833. The summed E-state index contributed by atoms with van der Waals surface area (Å²) in [6, 6.07) is 25.0. The smallest absolute Gasteiger partial charge is 0.240 e. The molecule has 3 aromatic rings. The van der Waals surface area contributed by atoms with E-state index in [1.54, 1.807) is 0 Å². The molecule has 0 aliphatic carbocycles. The number of amidine groups is 1. The van der Waals surface area contributed by atoms with Crippen molar-refractivity contribution < 1.29 is 4.99 Å². The van der Waals surface area contributed by atoms with Crippen molar-refractivity contribution in [3.05, 3.63) is 94.0 Å². The Hall–Kier alpha value is -2.39. The van der Waals surface area contributed by atoms with Gasteiger partial charge >= 0.3 is 0 Å². The highest BCUT2D eigenvalue weighted by Gasteiger charge is 2.12. The lowest BCUT2D eigenvalue weighted by molar-refractivity contribution is -0.352. The van der Waals surface area contributed by atoms with Gasteiger partial charge in [0.25, 0.3) is 5.84 Å². The van der Waals surface area contributed by atoms with E-state index in [9.17, 15) is 0 Å². The molecular formula is C21H20BrN2+. The first-order valence-corrected chi connectivity index (χ1v) is 8.70. The Kier molecular flexibility index (Phi) is 5.11. The summed E-state index contributed by atoms with van der Waals surface area (Å²) in [5.74, 6) is 0.954.